The van der Waals surface area contributed by atoms with Crippen molar-refractivity contribution in [3.05, 3.63) is 35.4 Å². The fourth-order valence-corrected chi connectivity index (χ4v) is 3.71. The van der Waals surface area contributed by atoms with Gasteiger partial charge in [-0.2, -0.15) is 10.2 Å². The first kappa shape index (κ1) is 17.2. The molecule has 0 saturated carbocycles. The summed E-state index contributed by atoms with van der Waals surface area (Å²) >= 11 is 0. The second kappa shape index (κ2) is 7.49. The molecule has 1 atom stereocenters. The molecule has 0 aromatic carbocycles. The van der Waals surface area contributed by atoms with Crippen molar-refractivity contribution >= 4 is 0 Å². The Labute approximate surface area is 145 Å². The third kappa shape index (κ3) is 3.70. The highest BCUT2D eigenvalue weighted by molar-refractivity contribution is 5.10. The monoisotopic (exact) mass is 330 g/mol. The third-order valence-electron chi connectivity index (χ3n) is 5.11. The third-order valence-corrected chi connectivity index (χ3v) is 5.11. The minimum absolute atomic E-state index is 0.457. The van der Waals surface area contributed by atoms with Crippen LogP contribution in [0.15, 0.2) is 18.3 Å². The van der Waals surface area contributed by atoms with Crippen molar-refractivity contribution in [3.63, 3.8) is 0 Å². The number of aromatic nitrogens is 4. The van der Waals surface area contributed by atoms with Gasteiger partial charge in [-0.25, -0.2) is 0 Å². The van der Waals surface area contributed by atoms with Crippen LogP contribution in [0.3, 0.4) is 0 Å². The van der Waals surface area contributed by atoms with E-state index < -0.39 is 0 Å². The van der Waals surface area contributed by atoms with Gasteiger partial charge in [0.15, 0.2) is 0 Å². The van der Waals surface area contributed by atoms with Crippen molar-refractivity contribution in [2.75, 3.05) is 26.2 Å². The average Bonchev–Trinajstić information content (AvgIpc) is 3.14. The van der Waals surface area contributed by atoms with Gasteiger partial charge in [-0.1, -0.05) is 13.8 Å². The highest BCUT2D eigenvalue weighted by atomic mass is 15.4. The summed E-state index contributed by atoms with van der Waals surface area (Å²) in [4.78, 5) is 5.02. The van der Waals surface area contributed by atoms with Crippen LogP contribution in [0.4, 0.5) is 0 Å². The van der Waals surface area contributed by atoms with Crippen molar-refractivity contribution < 1.29 is 0 Å². The maximum absolute atomic E-state index is 4.58. The Morgan fingerprint density at radius 1 is 1.29 bits per heavy atom. The lowest BCUT2D eigenvalue weighted by atomic mass is 10.1. The lowest BCUT2D eigenvalue weighted by Crippen LogP contribution is -2.39. The van der Waals surface area contributed by atoms with E-state index in [2.05, 4.69) is 57.6 Å². The number of aryl methyl sites for hydroxylation is 2. The SMILES string of the molecule is CCN(CC)CC[C@@H]1CN(Cc2cc(C)nn2C)Cc2ccnn21. The zero-order chi connectivity index (χ0) is 17.1. The number of rotatable bonds is 7. The quantitative estimate of drug-likeness (QED) is 0.781. The molecular formula is C18H30N6. The zero-order valence-electron chi connectivity index (χ0n) is 15.4. The second-order valence-corrected chi connectivity index (χ2v) is 6.81. The van der Waals surface area contributed by atoms with Crippen LogP contribution >= 0.6 is 0 Å². The predicted molar refractivity (Wildman–Crippen MR) is 95.7 cm³/mol. The summed E-state index contributed by atoms with van der Waals surface area (Å²) in [6.07, 6.45) is 3.09. The van der Waals surface area contributed by atoms with E-state index in [1.165, 1.54) is 11.4 Å². The predicted octanol–water partition coefficient (Wildman–Crippen LogP) is 2.21. The normalized spacial score (nSPS) is 18.3. The molecule has 2 aromatic rings. The summed E-state index contributed by atoms with van der Waals surface area (Å²) in [6.45, 7) is 12.9. The number of nitrogens with zero attached hydrogens (tertiary/aromatic N) is 6. The fraction of sp³-hybridized carbons (Fsp3) is 0.667. The van der Waals surface area contributed by atoms with E-state index in [1.807, 2.05) is 17.9 Å². The Bertz CT molecular complexity index is 654. The average molecular weight is 330 g/mol. The Hall–Kier alpha value is -1.66. The first-order valence-corrected chi connectivity index (χ1v) is 9.07. The van der Waals surface area contributed by atoms with Gasteiger partial charge >= 0.3 is 0 Å². The van der Waals surface area contributed by atoms with Crippen molar-refractivity contribution in [2.24, 2.45) is 7.05 Å². The zero-order valence-corrected chi connectivity index (χ0v) is 15.4. The maximum Gasteiger partial charge on any atom is 0.0662 e. The van der Waals surface area contributed by atoms with Crippen LogP contribution in [-0.2, 0) is 20.1 Å². The molecule has 0 bridgehead atoms. The van der Waals surface area contributed by atoms with Gasteiger partial charge in [0, 0.05) is 39.4 Å². The minimum atomic E-state index is 0.457. The fourth-order valence-electron chi connectivity index (χ4n) is 3.71. The molecule has 2 aromatic heterocycles. The summed E-state index contributed by atoms with van der Waals surface area (Å²) < 4.78 is 4.25. The first-order valence-electron chi connectivity index (χ1n) is 9.07. The van der Waals surface area contributed by atoms with E-state index in [0.717, 1.165) is 51.4 Å². The molecule has 3 rings (SSSR count). The number of hydrogen-bond acceptors (Lipinski definition) is 4. The molecule has 0 spiro atoms. The summed E-state index contributed by atoms with van der Waals surface area (Å²) in [5.74, 6) is 0. The molecule has 0 aliphatic carbocycles. The molecule has 0 saturated heterocycles. The summed E-state index contributed by atoms with van der Waals surface area (Å²) in [5.41, 5.74) is 3.69. The largest absolute Gasteiger partial charge is 0.304 e. The molecule has 132 valence electrons. The topological polar surface area (TPSA) is 42.1 Å². The molecule has 0 fully saturated rings. The van der Waals surface area contributed by atoms with Gasteiger partial charge in [0.1, 0.15) is 0 Å². The van der Waals surface area contributed by atoms with Gasteiger partial charge < -0.3 is 4.90 Å². The van der Waals surface area contributed by atoms with Gasteiger partial charge in [0.25, 0.3) is 0 Å². The molecule has 1 aliphatic rings. The van der Waals surface area contributed by atoms with Gasteiger partial charge in [-0.15, -0.1) is 0 Å². The summed E-state index contributed by atoms with van der Waals surface area (Å²) in [7, 11) is 2.04. The molecule has 0 radical (unpaired) electrons. The van der Waals surface area contributed by atoms with E-state index in [-0.39, 0.29) is 0 Å². The van der Waals surface area contributed by atoms with E-state index in [0.29, 0.717) is 6.04 Å². The Kier molecular flexibility index (Phi) is 5.36. The molecule has 24 heavy (non-hydrogen) atoms. The van der Waals surface area contributed by atoms with Gasteiger partial charge in [0.2, 0.25) is 0 Å². The van der Waals surface area contributed by atoms with E-state index in [1.54, 1.807) is 0 Å². The Morgan fingerprint density at radius 2 is 2.08 bits per heavy atom. The molecular weight excluding hydrogens is 300 g/mol. The van der Waals surface area contributed by atoms with Gasteiger partial charge in [0.05, 0.1) is 23.1 Å². The van der Waals surface area contributed by atoms with Crippen molar-refractivity contribution in [1.29, 1.82) is 0 Å². The maximum atomic E-state index is 4.58. The van der Waals surface area contributed by atoms with Crippen LogP contribution in [0, 0.1) is 6.92 Å². The smallest absolute Gasteiger partial charge is 0.0662 e. The van der Waals surface area contributed by atoms with Crippen LogP contribution in [-0.4, -0.2) is 55.5 Å². The molecule has 6 heteroatoms. The Morgan fingerprint density at radius 3 is 2.75 bits per heavy atom. The van der Waals surface area contributed by atoms with Gasteiger partial charge in [-0.3, -0.25) is 14.3 Å². The second-order valence-electron chi connectivity index (χ2n) is 6.81. The standard InChI is InChI=1S/C18H30N6/c1-5-22(6-2)10-8-17-13-23(12-16-7-9-19-24(16)17)14-18-11-15(3)20-21(18)4/h7,9,11,17H,5-6,8,10,12-14H2,1-4H3/t17-/m1/s1. The molecule has 0 N–H and O–H groups in total. The number of hydrogen-bond donors (Lipinski definition) is 0. The first-order chi connectivity index (χ1) is 11.6. The van der Waals surface area contributed by atoms with Gasteiger partial charge in [-0.05, 0) is 38.6 Å². The summed E-state index contributed by atoms with van der Waals surface area (Å²) in [5, 5.41) is 9.06. The van der Waals surface area contributed by atoms with Crippen LogP contribution in [0.1, 0.15) is 43.4 Å². The molecule has 6 nitrogen and oxygen atoms in total. The molecule has 0 unspecified atom stereocenters. The number of fused-ring (bicyclic) bond motifs is 1. The highest BCUT2D eigenvalue weighted by Gasteiger charge is 2.26. The van der Waals surface area contributed by atoms with Crippen LogP contribution in [0.2, 0.25) is 0 Å². The summed E-state index contributed by atoms with van der Waals surface area (Å²) in [6, 6.07) is 4.81. The van der Waals surface area contributed by atoms with Crippen LogP contribution in [0.25, 0.3) is 0 Å². The van der Waals surface area contributed by atoms with Crippen molar-refractivity contribution in [2.45, 2.75) is 46.3 Å². The van der Waals surface area contributed by atoms with Crippen LogP contribution in [0.5, 0.6) is 0 Å². The van der Waals surface area contributed by atoms with E-state index >= 15 is 0 Å². The molecule has 0 amide bonds. The lowest BCUT2D eigenvalue weighted by molar-refractivity contribution is 0.147. The molecule has 3 heterocycles. The highest BCUT2D eigenvalue weighted by Crippen LogP contribution is 2.24. The van der Waals surface area contributed by atoms with E-state index in [9.17, 15) is 0 Å². The lowest BCUT2D eigenvalue weighted by Gasteiger charge is -2.34. The Balaban J connectivity index is 1.69. The minimum Gasteiger partial charge on any atom is -0.304 e. The molecule has 1 aliphatic heterocycles. The van der Waals surface area contributed by atoms with Crippen molar-refractivity contribution in [3.8, 4) is 0 Å². The van der Waals surface area contributed by atoms with Crippen LogP contribution < -0.4 is 0 Å². The van der Waals surface area contributed by atoms with Crippen molar-refractivity contribution in [1.82, 2.24) is 29.4 Å². The van der Waals surface area contributed by atoms with E-state index in [4.69, 9.17) is 0 Å².